The van der Waals surface area contributed by atoms with Crippen molar-refractivity contribution in [2.75, 3.05) is 6.54 Å². The molecule has 2 aromatic rings. The number of amides is 1. The molecule has 0 fully saturated rings. The van der Waals surface area contributed by atoms with E-state index in [1.54, 1.807) is 24.3 Å². The molecule has 32 heavy (non-hydrogen) atoms. The van der Waals surface area contributed by atoms with Crippen LogP contribution in [0.25, 0.3) is 0 Å². The molecule has 1 amide bonds. The van der Waals surface area contributed by atoms with Crippen LogP contribution in [-0.4, -0.2) is 23.7 Å². The maximum atomic E-state index is 12.2. The quantitative estimate of drug-likeness (QED) is 0.340. The summed E-state index contributed by atoms with van der Waals surface area (Å²) in [6.07, 6.45) is 4.55. The molecule has 0 saturated heterocycles. The first-order chi connectivity index (χ1) is 15.0. The molecule has 0 radical (unpaired) electrons. The smallest absolute Gasteiger partial charge is 0.251 e. The van der Waals surface area contributed by atoms with Crippen molar-refractivity contribution in [1.82, 2.24) is 5.32 Å². The molecule has 0 aliphatic carbocycles. The van der Waals surface area contributed by atoms with Gasteiger partial charge in [0, 0.05) is 23.2 Å². The third-order valence-corrected chi connectivity index (χ3v) is 6.04. The maximum Gasteiger partial charge on any atom is 0.251 e. The summed E-state index contributed by atoms with van der Waals surface area (Å²) in [5, 5.41) is 3.60. The van der Waals surface area contributed by atoms with Crippen LogP contribution in [0.3, 0.4) is 0 Å². The van der Waals surface area contributed by atoms with Crippen LogP contribution in [0.2, 0.25) is 5.02 Å². The topological polar surface area (TPSA) is 47.6 Å². The highest BCUT2D eigenvalue weighted by Crippen LogP contribution is 2.32. The van der Waals surface area contributed by atoms with Crippen LogP contribution >= 0.6 is 11.6 Å². The lowest BCUT2D eigenvalue weighted by atomic mass is 10.0. The van der Waals surface area contributed by atoms with Gasteiger partial charge in [-0.1, -0.05) is 31.5 Å². The van der Waals surface area contributed by atoms with Gasteiger partial charge in [-0.05, 0) is 95.7 Å². The number of hydrogen-bond donors (Lipinski definition) is 1. The Morgan fingerprint density at radius 2 is 1.53 bits per heavy atom. The molecule has 0 aliphatic heterocycles. The molecule has 176 valence electrons. The second-order valence-corrected chi connectivity index (χ2v) is 9.86. The van der Waals surface area contributed by atoms with Crippen LogP contribution in [0.4, 0.5) is 0 Å². The number of carbonyl (C=O) groups is 1. The fourth-order valence-corrected chi connectivity index (χ4v) is 3.13. The number of ether oxygens (including phenoxy) is 2. The number of benzene rings is 2. The average molecular weight is 460 g/mol. The summed E-state index contributed by atoms with van der Waals surface area (Å²) in [5.74, 6) is 1.64. The van der Waals surface area contributed by atoms with Gasteiger partial charge in [0.15, 0.2) is 0 Å². The SMILES string of the molecule is CCC(C)(C)Oc1ccc(CCCCNC(=O)c2ccc(Cl)cc2)c(OC(C)(C)CC)c1. The first-order valence-electron chi connectivity index (χ1n) is 11.6. The largest absolute Gasteiger partial charge is 0.488 e. The maximum absolute atomic E-state index is 12.2. The minimum Gasteiger partial charge on any atom is -0.488 e. The summed E-state index contributed by atoms with van der Waals surface area (Å²) < 4.78 is 12.6. The molecule has 0 unspecified atom stereocenters. The molecular formula is C27H38ClNO3. The lowest BCUT2D eigenvalue weighted by Crippen LogP contribution is -2.28. The Balaban J connectivity index is 1.96. The summed E-state index contributed by atoms with van der Waals surface area (Å²) >= 11 is 5.88. The minimum atomic E-state index is -0.250. The zero-order valence-electron chi connectivity index (χ0n) is 20.4. The molecule has 0 atom stereocenters. The van der Waals surface area contributed by atoms with Crippen molar-refractivity contribution in [3.05, 3.63) is 58.6 Å². The first kappa shape index (κ1) is 26.1. The number of rotatable bonds is 12. The summed E-state index contributed by atoms with van der Waals surface area (Å²) in [5.41, 5.74) is 1.32. The zero-order chi connectivity index (χ0) is 23.8. The van der Waals surface area contributed by atoms with Crippen LogP contribution in [0.5, 0.6) is 11.5 Å². The Labute approximate surface area is 198 Å². The highest BCUT2D eigenvalue weighted by atomic mass is 35.5. The second-order valence-electron chi connectivity index (χ2n) is 9.42. The Hall–Kier alpha value is -2.20. The summed E-state index contributed by atoms with van der Waals surface area (Å²) in [6, 6.07) is 13.1. The number of aryl methyl sites for hydroxylation is 1. The number of carbonyl (C=O) groups excluding carboxylic acids is 1. The van der Waals surface area contributed by atoms with Crippen molar-refractivity contribution in [3.63, 3.8) is 0 Å². The third kappa shape index (κ3) is 8.38. The van der Waals surface area contributed by atoms with Gasteiger partial charge in [0.2, 0.25) is 0 Å². The van der Waals surface area contributed by atoms with Gasteiger partial charge in [-0.15, -0.1) is 0 Å². The Morgan fingerprint density at radius 3 is 2.16 bits per heavy atom. The predicted octanol–water partition coefficient (Wildman–Crippen LogP) is 7.23. The van der Waals surface area contributed by atoms with Crippen LogP contribution in [0.15, 0.2) is 42.5 Å². The highest BCUT2D eigenvalue weighted by Gasteiger charge is 2.21. The number of halogens is 1. The molecule has 1 N–H and O–H groups in total. The van der Waals surface area contributed by atoms with E-state index in [0.29, 0.717) is 17.1 Å². The highest BCUT2D eigenvalue weighted by molar-refractivity contribution is 6.30. The van der Waals surface area contributed by atoms with Gasteiger partial charge < -0.3 is 14.8 Å². The molecule has 0 saturated carbocycles. The van der Waals surface area contributed by atoms with E-state index in [4.69, 9.17) is 21.1 Å². The molecule has 4 nitrogen and oxygen atoms in total. The van der Waals surface area contributed by atoms with Crippen molar-refractivity contribution >= 4 is 17.5 Å². The third-order valence-electron chi connectivity index (χ3n) is 5.79. The van der Waals surface area contributed by atoms with Gasteiger partial charge in [0.25, 0.3) is 5.91 Å². The Morgan fingerprint density at radius 1 is 0.906 bits per heavy atom. The standard InChI is InChI=1S/C27H38ClNO3/c1-7-26(3,4)31-23-17-14-20(24(19-23)32-27(5,6)8-2)11-9-10-18-29-25(30)21-12-15-22(28)16-13-21/h12-17,19H,7-11,18H2,1-6H3,(H,29,30). The Bertz CT molecular complexity index is 875. The lowest BCUT2D eigenvalue weighted by molar-refractivity contribution is 0.0942. The monoisotopic (exact) mass is 459 g/mol. The average Bonchev–Trinajstić information content (AvgIpc) is 2.74. The molecule has 2 aromatic carbocycles. The normalized spacial score (nSPS) is 11.8. The minimum absolute atomic E-state index is 0.0737. The van der Waals surface area contributed by atoms with Crippen LogP contribution < -0.4 is 14.8 Å². The van der Waals surface area contributed by atoms with Crippen LogP contribution in [-0.2, 0) is 6.42 Å². The lowest BCUT2D eigenvalue weighted by Gasteiger charge is -2.29. The van der Waals surface area contributed by atoms with Crippen LogP contribution in [0, 0.1) is 0 Å². The molecule has 2 rings (SSSR count). The number of nitrogens with one attached hydrogen (secondary N) is 1. The fraction of sp³-hybridized carbons (Fsp3) is 0.519. The van der Waals surface area contributed by atoms with Crippen molar-refractivity contribution in [2.24, 2.45) is 0 Å². The van der Waals surface area contributed by atoms with E-state index in [9.17, 15) is 4.79 Å². The molecular weight excluding hydrogens is 422 g/mol. The zero-order valence-corrected chi connectivity index (χ0v) is 21.1. The van der Waals surface area contributed by atoms with Gasteiger partial charge >= 0.3 is 0 Å². The predicted molar refractivity (Wildman–Crippen MR) is 133 cm³/mol. The Kier molecular flexibility index (Phi) is 9.45. The van der Waals surface area contributed by atoms with E-state index in [1.807, 2.05) is 12.1 Å². The summed E-state index contributed by atoms with van der Waals surface area (Å²) in [7, 11) is 0. The van der Waals surface area contributed by atoms with Crippen molar-refractivity contribution in [3.8, 4) is 11.5 Å². The molecule has 0 aromatic heterocycles. The molecule has 0 bridgehead atoms. The van der Waals surface area contributed by atoms with E-state index in [-0.39, 0.29) is 17.1 Å². The van der Waals surface area contributed by atoms with Gasteiger partial charge in [-0.3, -0.25) is 4.79 Å². The molecule has 0 spiro atoms. The van der Waals surface area contributed by atoms with Gasteiger partial charge in [-0.2, -0.15) is 0 Å². The fourth-order valence-electron chi connectivity index (χ4n) is 3.01. The van der Waals surface area contributed by atoms with Crippen molar-refractivity contribution in [1.29, 1.82) is 0 Å². The summed E-state index contributed by atoms with van der Waals surface area (Å²) in [6.45, 7) is 13.3. The first-order valence-corrected chi connectivity index (χ1v) is 12.0. The molecule has 5 heteroatoms. The number of hydrogen-bond acceptors (Lipinski definition) is 3. The second kappa shape index (κ2) is 11.6. The van der Waals surface area contributed by atoms with Crippen molar-refractivity contribution in [2.45, 2.75) is 84.8 Å². The summed E-state index contributed by atoms with van der Waals surface area (Å²) in [4.78, 5) is 12.2. The van der Waals surface area contributed by atoms with Gasteiger partial charge in [-0.25, -0.2) is 0 Å². The van der Waals surface area contributed by atoms with Gasteiger partial charge in [0.1, 0.15) is 22.7 Å². The van der Waals surface area contributed by atoms with Crippen LogP contribution in [0.1, 0.15) is 83.1 Å². The molecule has 0 heterocycles. The van der Waals surface area contributed by atoms with Gasteiger partial charge in [0.05, 0.1) is 0 Å². The van der Waals surface area contributed by atoms with E-state index in [1.165, 1.54) is 0 Å². The van der Waals surface area contributed by atoms with E-state index >= 15 is 0 Å². The van der Waals surface area contributed by atoms with E-state index in [0.717, 1.165) is 49.2 Å². The van der Waals surface area contributed by atoms with E-state index in [2.05, 4.69) is 52.9 Å². The number of unbranched alkanes of at least 4 members (excludes halogenated alkanes) is 1. The molecule has 0 aliphatic rings. The van der Waals surface area contributed by atoms with E-state index < -0.39 is 0 Å². The van der Waals surface area contributed by atoms with Crippen molar-refractivity contribution < 1.29 is 14.3 Å².